The lowest BCUT2D eigenvalue weighted by molar-refractivity contribution is 0.0893. The van der Waals surface area contributed by atoms with E-state index in [4.69, 9.17) is 5.73 Å². The molecule has 1 aliphatic rings. The third kappa shape index (κ3) is 3.25. The van der Waals surface area contributed by atoms with Crippen LogP contribution < -0.4 is 10.6 Å². The summed E-state index contributed by atoms with van der Waals surface area (Å²) in [6, 6.07) is 8.47. The highest BCUT2D eigenvalue weighted by molar-refractivity contribution is 7.86. The van der Waals surface area contributed by atoms with Crippen LogP contribution in [-0.2, 0) is 20.2 Å². The third-order valence-corrected chi connectivity index (χ3v) is 6.62. The molecule has 0 aromatic heterocycles. The van der Waals surface area contributed by atoms with E-state index in [1.165, 1.54) is 12.1 Å². The number of carbonyl (C=O) groups is 2. The summed E-state index contributed by atoms with van der Waals surface area (Å²) in [6.07, 6.45) is 0. The third-order valence-electron chi connectivity index (χ3n) is 4.93. The summed E-state index contributed by atoms with van der Waals surface area (Å²) in [5, 5.41) is -0.514. The number of amides is 2. The summed E-state index contributed by atoms with van der Waals surface area (Å²) in [5.74, 6) is -1.87. The van der Waals surface area contributed by atoms with Crippen LogP contribution in [0.25, 0.3) is 10.8 Å². The van der Waals surface area contributed by atoms with Crippen molar-refractivity contribution in [1.29, 1.82) is 0 Å². The van der Waals surface area contributed by atoms with Crippen LogP contribution in [-0.4, -0.2) is 37.8 Å². The number of anilines is 2. The van der Waals surface area contributed by atoms with Gasteiger partial charge in [-0.1, -0.05) is 17.7 Å². The molecule has 0 unspecified atom stereocenters. The molecule has 0 bridgehead atoms. The number of imide groups is 1. The van der Waals surface area contributed by atoms with Crippen molar-refractivity contribution in [2.45, 2.75) is 16.7 Å². The fraction of sp³-hybridized carbons (Fsp3) is 0.0526. The smallest absolute Gasteiger partial charge is 0.266 e. The van der Waals surface area contributed by atoms with Crippen molar-refractivity contribution in [2.24, 2.45) is 0 Å². The van der Waals surface area contributed by atoms with Crippen LogP contribution >= 0.6 is 0 Å². The van der Waals surface area contributed by atoms with Crippen molar-refractivity contribution in [3.05, 3.63) is 59.2 Å². The molecule has 1 aliphatic heterocycles. The van der Waals surface area contributed by atoms with Gasteiger partial charge in [-0.3, -0.25) is 9.59 Å². The van der Waals surface area contributed by atoms with E-state index in [1.54, 1.807) is 19.1 Å². The van der Waals surface area contributed by atoms with Gasteiger partial charge < -0.3 is 14.8 Å². The first-order chi connectivity index (χ1) is 14.3. The number of carbonyl (C=O) groups excluding carboxylic acids is 2. The van der Waals surface area contributed by atoms with Gasteiger partial charge in [0.05, 0.1) is 32.3 Å². The summed E-state index contributed by atoms with van der Waals surface area (Å²) >= 11 is 0. The molecule has 2 N–H and O–H groups in total. The van der Waals surface area contributed by atoms with Gasteiger partial charge in [0.2, 0.25) is 0 Å². The lowest BCUT2D eigenvalue weighted by atomic mass is 9.92. The summed E-state index contributed by atoms with van der Waals surface area (Å²) in [6.45, 7) is 1.78. The van der Waals surface area contributed by atoms with Gasteiger partial charge in [-0.2, -0.15) is 0 Å². The van der Waals surface area contributed by atoms with Crippen LogP contribution in [0.2, 0.25) is 0 Å². The Morgan fingerprint density at radius 3 is 1.90 bits per heavy atom. The molecule has 0 fully saturated rings. The average molecular weight is 460 g/mol. The van der Waals surface area contributed by atoms with E-state index in [-0.39, 0.29) is 27.6 Å². The minimum absolute atomic E-state index is 0.123. The summed E-state index contributed by atoms with van der Waals surface area (Å²) in [4.78, 5) is 25.2. The fourth-order valence-electron chi connectivity index (χ4n) is 3.48. The normalized spacial score (nSPS) is 14.4. The average Bonchev–Trinajstić information content (AvgIpc) is 2.66. The zero-order valence-electron chi connectivity index (χ0n) is 15.6. The molecule has 1 heterocycles. The zero-order valence-corrected chi connectivity index (χ0v) is 17.3. The molecule has 0 radical (unpaired) electrons. The molecular weight excluding hydrogens is 448 g/mol. The molecule has 3 aromatic carbocycles. The van der Waals surface area contributed by atoms with Crippen molar-refractivity contribution in [3.63, 3.8) is 0 Å². The van der Waals surface area contributed by atoms with Crippen molar-refractivity contribution >= 4 is 54.2 Å². The number of nitrogens with zero attached hydrogens (tertiary/aromatic N) is 1. The fourth-order valence-corrected chi connectivity index (χ4v) is 4.65. The van der Waals surface area contributed by atoms with Crippen molar-refractivity contribution in [2.75, 3.05) is 10.6 Å². The minimum Gasteiger partial charge on any atom is -0.744 e. The highest BCUT2D eigenvalue weighted by Gasteiger charge is 2.36. The maximum absolute atomic E-state index is 13.2. The van der Waals surface area contributed by atoms with E-state index in [9.17, 15) is 35.5 Å². The first kappa shape index (κ1) is 20.9. The quantitative estimate of drug-likeness (QED) is 0.343. The predicted molar refractivity (Wildman–Crippen MR) is 107 cm³/mol. The largest absolute Gasteiger partial charge is 0.744 e. The van der Waals surface area contributed by atoms with Crippen LogP contribution in [0.4, 0.5) is 11.4 Å². The Balaban J connectivity index is 2.16. The molecule has 0 spiro atoms. The van der Waals surface area contributed by atoms with E-state index in [0.29, 0.717) is 4.90 Å². The number of benzene rings is 3. The highest BCUT2D eigenvalue weighted by atomic mass is 32.2. The number of nitrogens with two attached hydrogens (primary N) is 1. The van der Waals surface area contributed by atoms with E-state index in [0.717, 1.165) is 23.8 Å². The molecule has 0 aliphatic carbocycles. The Bertz CT molecular complexity index is 1500. The van der Waals surface area contributed by atoms with Crippen LogP contribution in [0.1, 0.15) is 26.3 Å². The Kier molecular flexibility index (Phi) is 4.45. The monoisotopic (exact) mass is 460 g/mol. The molecule has 3 aromatic rings. The van der Waals surface area contributed by atoms with Crippen molar-refractivity contribution < 1.29 is 35.5 Å². The lowest BCUT2D eigenvalue weighted by Crippen LogP contribution is -2.40. The molecule has 0 saturated carbocycles. The second kappa shape index (κ2) is 6.59. The standard InChI is InChI=1S/C19H14N2O8S2/c1-9-2-4-10(5-3-9)21-18(22)13-7-11(30(24,25)26)6-12-16(13)14(19(21)23)8-15(17(12)20)31(27,28)29/h2-8H,20H2,1H3,(H,24,25,26)(H,27,28,29)/p-2. The van der Waals surface area contributed by atoms with Crippen LogP contribution in [0, 0.1) is 6.92 Å². The van der Waals surface area contributed by atoms with Gasteiger partial charge in [0, 0.05) is 10.8 Å². The predicted octanol–water partition coefficient (Wildman–Crippen LogP) is 1.34. The maximum Gasteiger partial charge on any atom is 0.266 e. The lowest BCUT2D eigenvalue weighted by Gasteiger charge is -2.29. The first-order valence-electron chi connectivity index (χ1n) is 8.58. The second-order valence-electron chi connectivity index (χ2n) is 6.92. The molecule has 160 valence electrons. The summed E-state index contributed by atoms with van der Waals surface area (Å²) < 4.78 is 70.0. The van der Waals surface area contributed by atoms with Gasteiger partial charge in [0.25, 0.3) is 11.8 Å². The molecule has 31 heavy (non-hydrogen) atoms. The van der Waals surface area contributed by atoms with E-state index in [2.05, 4.69) is 0 Å². The molecule has 4 rings (SSSR count). The van der Waals surface area contributed by atoms with E-state index in [1.807, 2.05) is 0 Å². The Morgan fingerprint density at radius 2 is 1.39 bits per heavy atom. The van der Waals surface area contributed by atoms with E-state index >= 15 is 0 Å². The topological polar surface area (TPSA) is 178 Å². The molecule has 2 amide bonds. The highest BCUT2D eigenvalue weighted by Crippen LogP contribution is 2.40. The van der Waals surface area contributed by atoms with Gasteiger partial charge in [-0.15, -0.1) is 0 Å². The van der Waals surface area contributed by atoms with Gasteiger partial charge in [-0.25, -0.2) is 21.7 Å². The Morgan fingerprint density at radius 1 is 0.839 bits per heavy atom. The molecule has 10 nitrogen and oxygen atoms in total. The second-order valence-corrected chi connectivity index (χ2v) is 9.65. The van der Waals surface area contributed by atoms with Gasteiger partial charge in [-0.05, 0) is 37.3 Å². The number of rotatable bonds is 3. The van der Waals surface area contributed by atoms with Crippen LogP contribution in [0.3, 0.4) is 0 Å². The van der Waals surface area contributed by atoms with Gasteiger partial charge >= 0.3 is 0 Å². The van der Waals surface area contributed by atoms with Gasteiger partial charge in [0.15, 0.2) is 0 Å². The molecule has 0 atom stereocenters. The van der Waals surface area contributed by atoms with Gasteiger partial charge in [0.1, 0.15) is 20.2 Å². The van der Waals surface area contributed by atoms with Crippen molar-refractivity contribution in [3.8, 4) is 0 Å². The molecular formula is C19H12N2O8S2-2. The van der Waals surface area contributed by atoms with Crippen molar-refractivity contribution in [1.82, 2.24) is 0 Å². The number of hydrogen-bond donors (Lipinski definition) is 1. The minimum atomic E-state index is -5.18. The molecule has 0 saturated heterocycles. The number of hydrogen-bond acceptors (Lipinski definition) is 9. The SMILES string of the molecule is Cc1ccc(N2C(=O)c3cc(S(=O)(=O)[O-])cc4c(N)c(S(=O)(=O)[O-])cc(c34)C2=O)cc1. The Labute approximate surface area is 176 Å². The summed E-state index contributed by atoms with van der Waals surface area (Å²) in [7, 11) is -10.3. The van der Waals surface area contributed by atoms with E-state index < -0.39 is 47.5 Å². The maximum atomic E-state index is 13.2. The Hall–Kier alpha value is -3.32. The number of aryl methyl sites for hydroxylation is 1. The molecule has 12 heteroatoms. The van der Waals surface area contributed by atoms with Crippen LogP contribution in [0.15, 0.2) is 52.3 Å². The number of nitrogen functional groups attached to an aromatic ring is 1. The zero-order chi connectivity index (χ0) is 22.9. The summed E-state index contributed by atoms with van der Waals surface area (Å²) in [5.41, 5.74) is 5.38. The van der Waals surface area contributed by atoms with Crippen LogP contribution in [0.5, 0.6) is 0 Å². The first-order valence-corrected chi connectivity index (χ1v) is 11.4.